The molecule has 1 aromatic rings. The van der Waals surface area contributed by atoms with E-state index in [4.69, 9.17) is 28.8 Å². The van der Waals surface area contributed by atoms with Gasteiger partial charge in [-0.1, -0.05) is 12.1 Å². The molecule has 2 rings (SSSR count). The van der Waals surface area contributed by atoms with Crippen molar-refractivity contribution in [3.8, 4) is 0 Å². The molecule has 0 saturated carbocycles. The van der Waals surface area contributed by atoms with Gasteiger partial charge in [0, 0.05) is 13.8 Å². The molecule has 1 aliphatic rings. The van der Waals surface area contributed by atoms with Crippen molar-refractivity contribution in [3.63, 3.8) is 0 Å². The molecule has 40 heavy (non-hydrogen) atoms. The van der Waals surface area contributed by atoms with Crippen molar-refractivity contribution in [2.45, 2.75) is 38.6 Å². The summed E-state index contributed by atoms with van der Waals surface area (Å²) in [4.78, 5) is 52.7. The van der Waals surface area contributed by atoms with Crippen LogP contribution in [0.1, 0.15) is 12.7 Å². The van der Waals surface area contributed by atoms with Crippen LogP contribution in [0.2, 0.25) is 0 Å². The van der Waals surface area contributed by atoms with Crippen LogP contribution in [0.3, 0.4) is 0 Å². The molecule has 3 N–H and O–H groups in total. The standard InChI is InChI=1S/C20H31N10O6S2.O.Tc/c1-13-25-9-17(29(33)34)27(13)7-5-23-19(31)15(11-37)21-3-4-22-16(12-38)20(32)24-6-8-28-14(2)26-10-18(28)30(35)36;;/h9-10,13,15-16H,3-8,11-12H2,1-2H3,(H4,23,24,31,32,37,38);;/q-1;;+4/p-1/i;;1+1. The van der Waals surface area contributed by atoms with Crippen LogP contribution in [-0.2, 0) is 63.8 Å². The number of carbonyl (C=O) groups excluding carboxylic acids is 2. The van der Waals surface area contributed by atoms with Crippen LogP contribution < -0.4 is 15.2 Å². The first-order chi connectivity index (χ1) is 19.1. The monoisotopic (exact) mass is 685 g/mol. The molecule has 0 bridgehead atoms. The van der Waals surface area contributed by atoms with E-state index >= 15 is 0 Å². The molecule has 0 radical (unpaired) electrons. The van der Waals surface area contributed by atoms with Gasteiger partial charge in [0.1, 0.15) is 9.85 Å². The average molecular weight is 686 g/mol. The first-order valence-corrected chi connectivity index (χ1v) is 13.8. The number of aromatic nitrogens is 2. The molecule has 0 fully saturated rings. The normalized spacial score (nSPS) is 15.7. The second kappa shape index (κ2) is 18.7. The number of aromatic amines is 1. The van der Waals surface area contributed by atoms with Gasteiger partial charge in [-0.3, -0.25) is 29.8 Å². The van der Waals surface area contributed by atoms with Gasteiger partial charge in [0.15, 0.2) is 25.5 Å². The van der Waals surface area contributed by atoms with Gasteiger partial charge in [0.25, 0.3) is 5.82 Å². The number of hydrogen-bond acceptors (Lipinski definition) is 10. The Kier molecular flexibility index (Phi) is 16.5. The van der Waals surface area contributed by atoms with Crippen LogP contribution >= 0.6 is 0 Å². The van der Waals surface area contributed by atoms with Gasteiger partial charge in [0.05, 0.1) is 13.1 Å². The molecule has 3 atom stereocenters. The molecule has 1 aliphatic heterocycles. The van der Waals surface area contributed by atoms with E-state index in [1.807, 2.05) is 0 Å². The Balaban J connectivity index is 0.00000391. The summed E-state index contributed by atoms with van der Waals surface area (Å²) in [6, 6.07) is -1.61. The van der Waals surface area contributed by atoms with Crippen LogP contribution in [0.5, 0.6) is 0 Å². The Hall–Kier alpha value is -2.64. The summed E-state index contributed by atoms with van der Waals surface area (Å²) >= 11 is 10.9. The third kappa shape index (κ3) is 10.7. The van der Waals surface area contributed by atoms with Crippen molar-refractivity contribution in [2.75, 3.05) is 44.2 Å². The zero-order chi connectivity index (χ0) is 30.2. The Labute approximate surface area is 251 Å². The van der Waals surface area contributed by atoms with E-state index in [1.54, 1.807) is 13.8 Å². The SMILES string of the molecule is Cc1[nH]cc([N+](=O)[O-])[n+]1CCNC(=O)C(C[S-])[N-]CC[N-]C(C[S-])C(=O)NCC[N+]1=C([N+](=O)[O-])C=NC1C.[O]=[99Tc+4]. The van der Waals surface area contributed by atoms with Crippen molar-refractivity contribution < 1.29 is 50.9 Å². The number of carbonyl (C=O) groups is 2. The summed E-state index contributed by atoms with van der Waals surface area (Å²) in [5, 5.41) is 36.0. The number of nitro groups is 2. The Morgan fingerprint density at radius 3 is 2.08 bits per heavy atom. The van der Waals surface area contributed by atoms with E-state index in [2.05, 4.69) is 31.2 Å². The van der Waals surface area contributed by atoms with Gasteiger partial charge in [-0.05, 0) is 0 Å². The van der Waals surface area contributed by atoms with Crippen LogP contribution in [0.4, 0.5) is 5.82 Å². The number of amidine groups is 1. The molecule has 20 heteroatoms. The molecule has 219 valence electrons. The zero-order valence-electron chi connectivity index (χ0n) is 21.7. The summed E-state index contributed by atoms with van der Waals surface area (Å²) in [6.07, 6.45) is 2.09. The van der Waals surface area contributed by atoms with Crippen molar-refractivity contribution in [3.05, 3.63) is 42.9 Å². The molecule has 2 amide bonds. The summed E-state index contributed by atoms with van der Waals surface area (Å²) in [5.74, 6) is -0.388. The number of hydrogen-bond donors (Lipinski definition) is 3. The number of aryl methyl sites for hydroxylation is 1. The van der Waals surface area contributed by atoms with Gasteiger partial charge in [-0.15, -0.1) is 9.14 Å². The summed E-state index contributed by atoms with van der Waals surface area (Å²) < 4.78 is 11.1. The number of rotatable bonds is 16. The molecule has 3 unspecified atom stereocenters. The minimum absolute atomic E-state index is 0.0364. The maximum absolute atomic E-state index is 12.4. The fraction of sp³-hybridized carbons (Fsp3) is 0.650. The number of nitrogens with one attached hydrogen (secondary N) is 3. The van der Waals surface area contributed by atoms with Crippen molar-refractivity contribution >= 4 is 54.9 Å². The quantitative estimate of drug-likeness (QED) is 0.0594. The molecular formula is C20H30N10O7S2Tc+2. The molecule has 0 spiro atoms. The Morgan fingerprint density at radius 2 is 1.60 bits per heavy atom. The van der Waals surface area contributed by atoms with E-state index < -0.39 is 39.9 Å². The summed E-state index contributed by atoms with van der Waals surface area (Å²) in [6.45, 7) is 4.39. The molecule has 1 aromatic heterocycles. The zero-order valence-corrected chi connectivity index (χ0v) is 25.2. The molecule has 2 heterocycles. The van der Waals surface area contributed by atoms with Crippen LogP contribution in [0.15, 0.2) is 11.2 Å². The molecule has 0 aliphatic carbocycles. The van der Waals surface area contributed by atoms with Gasteiger partial charge < -0.3 is 51.5 Å². The minimum atomic E-state index is -0.806. The fourth-order valence-corrected chi connectivity index (χ4v) is 4.09. The third-order valence-electron chi connectivity index (χ3n) is 5.62. The number of imidazole rings is 1. The first-order valence-electron chi connectivity index (χ1n) is 11.8. The van der Waals surface area contributed by atoms with E-state index in [-0.39, 0.29) is 62.4 Å². The fourth-order valence-electron chi connectivity index (χ4n) is 3.58. The maximum atomic E-state index is 12.4. The Bertz CT molecular complexity index is 1100. The summed E-state index contributed by atoms with van der Waals surface area (Å²) in [7, 11) is 0. The number of nitrogens with zero attached hydrogens (tertiary/aromatic N) is 7. The predicted molar refractivity (Wildman–Crippen MR) is 143 cm³/mol. The molecule has 0 saturated heterocycles. The van der Waals surface area contributed by atoms with E-state index in [9.17, 15) is 29.8 Å². The second-order valence-corrected chi connectivity index (χ2v) is 8.79. The van der Waals surface area contributed by atoms with E-state index in [0.717, 1.165) is 18.9 Å². The molecule has 0 aromatic carbocycles. The third-order valence-corrected chi connectivity index (χ3v) is 6.25. The van der Waals surface area contributed by atoms with Gasteiger partial charge in [0.2, 0.25) is 18.0 Å². The van der Waals surface area contributed by atoms with Crippen LogP contribution in [0, 0.1) is 27.2 Å². The van der Waals surface area contributed by atoms with Gasteiger partial charge in [-0.2, -0.15) is 24.6 Å². The van der Waals surface area contributed by atoms with Crippen molar-refractivity contribution in [1.29, 1.82) is 0 Å². The van der Waals surface area contributed by atoms with Crippen molar-refractivity contribution in [1.82, 2.24) is 15.6 Å². The summed E-state index contributed by atoms with van der Waals surface area (Å²) in [5.41, 5.74) is 0. The first kappa shape index (κ1) is 35.4. The topological polar surface area (TPSA) is 225 Å². The number of amides is 2. The average Bonchev–Trinajstić information content (AvgIpc) is 3.49. The van der Waals surface area contributed by atoms with Crippen molar-refractivity contribution in [2.24, 2.45) is 4.99 Å². The van der Waals surface area contributed by atoms with Crippen LogP contribution in [-0.4, -0.2) is 106 Å². The van der Waals surface area contributed by atoms with E-state index in [1.165, 1.54) is 21.6 Å². The van der Waals surface area contributed by atoms with Gasteiger partial charge in [-0.25, -0.2) is 4.99 Å². The van der Waals surface area contributed by atoms with Gasteiger partial charge >= 0.3 is 34.0 Å². The van der Waals surface area contributed by atoms with E-state index in [0.29, 0.717) is 5.82 Å². The number of H-pyrrole nitrogens is 1. The Morgan fingerprint density at radius 1 is 1.07 bits per heavy atom. The predicted octanol–water partition coefficient (Wildman–Crippen LogP) is -1.67. The van der Waals surface area contributed by atoms with Crippen LogP contribution in [0.25, 0.3) is 10.6 Å². The molecular weight excluding hydrogens is 655 g/mol. The number of aliphatic imine (C=N–C) groups is 1. The molecule has 17 nitrogen and oxygen atoms in total. The second-order valence-electron chi connectivity index (χ2n) is 8.12.